The Morgan fingerprint density at radius 2 is 2.00 bits per heavy atom. The van der Waals surface area contributed by atoms with E-state index in [1.807, 2.05) is 6.07 Å². The Labute approximate surface area is 104 Å². The molecule has 1 aliphatic rings. The number of carbonyl (C=O) groups is 1. The third-order valence-corrected chi connectivity index (χ3v) is 3.11. The number of aromatic carboxylic acids is 1. The summed E-state index contributed by atoms with van der Waals surface area (Å²) >= 11 is 0. The molecule has 1 aromatic carbocycles. The van der Waals surface area contributed by atoms with Crippen molar-refractivity contribution in [2.45, 2.75) is 18.8 Å². The van der Waals surface area contributed by atoms with Crippen molar-refractivity contribution in [1.82, 2.24) is 9.78 Å². The lowest BCUT2D eigenvalue weighted by molar-refractivity contribution is 0.0697. The molecule has 0 bridgehead atoms. The van der Waals surface area contributed by atoms with Gasteiger partial charge in [-0.15, -0.1) is 0 Å². The minimum atomic E-state index is -0.936. The van der Waals surface area contributed by atoms with E-state index in [0.717, 1.165) is 11.4 Å². The van der Waals surface area contributed by atoms with E-state index in [1.54, 1.807) is 28.9 Å². The zero-order chi connectivity index (χ0) is 12.7. The van der Waals surface area contributed by atoms with E-state index in [-0.39, 0.29) is 5.56 Å². The second kappa shape index (κ2) is 3.87. The molecule has 0 saturated heterocycles. The maximum absolute atomic E-state index is 10.8. The summed E-state index contributed by atoms with van der Waals surface area (Å²) in [7, 11) is 0. The summed E-state index contributed by atoms with van der Waals surface area (Å²) < 4.78 is 1.65. The number of nitrogens with two attached hydrogens (primary N) is 1. The third kappa shape index (κ3) is 1.84. The molecular formula is C13H13N3O2. The van der Waals surface area contributed by atoms with Gasteiger partial charge in [-0.05, 0) is 37.1 Å². The van der Waals surface area contributed by atoms with Gasteiger partial charge in [0.2, 0.25) is 0 Å². The zero-order valence-corrected chi connectivity index (χ0v) is 9.71. The van der Waals surface area contributed by atoms with Crippen LogP contribution >= 0.6 is 0 Å². The fourth-order valence-electron chi connectivity index (χ4n) is 1.95. The van der Waals surface area contributed by atoms with Crippen molar-refractivity contribution in [2.75, 3.05) is 5.73 Å². The number of aromatic nitrogens is 2. The van der Waals surface area contributed by atoms with Gasteiger partial charge < -0.3 is 10.8 Å². The van der Waals surface area contributed by atoms with E-state index in [9.17, 15) is 4.79 Å². The number of nitrogen functional groups attached to an aromatic ring is 1. The maximum atomic E-state index is 10.8. The number of anilines is 1. The van der Waals surface area contributed by atoms with Gasteiger partial charge in [-0.1, -0.05) is 0 Å². The zero-order valence-electron chi connectivity index (χ0n) is 9.71. The van der Waals surface area contributed by atoms with Crippen molar-refractivity contribution in [2.24, 2.45) is 0 Å². The average molecular weight is 243 g/mol. The van der Waals surface area contributed by atoms with Crippen LogP contribution in [-0.4, -0.2) is 20.9 Å². The van der Waals surface area contributed by atoms with E-state index < -0.39 is 5.97 Å². The Morgan fingerprint density at radius 1 is 1.33 bits per heavy atom. The van der Waals surface area contributed by atoms with Crippen LogP contribution in [0.1, 0.15) is 34.8 Å². The fourth-order valence-corrected chi connectivity index (χ4v) is 1.95. The van der Waals surface area contributed by atoms with Gasteiger partial charge in [0.1, 0.15) is 5.82 Å². The number of hydrogen-bond acceptors (Lipinski definition) is 3. The van der Waals surface area contributed by atoms with Crippen LogP contribution in [0.25, 0.3) is 5.69 Å². The molecule has 0 amide bonds. The number of hydrogen-bond donors (Lipinski definition) is 2. The first-order chi connectivity index (χ1) is 8.65. The molecule has 0 unspecified atom stereocenters. The number of carboxylic acids is 1. The second-order valence-corrected chi connectivity index (χ2v) is 4.53. The summed E-state index contributed by atoms with van der Waals surface area (Å²) in [5.74, 6) is 0.195. The monoisotopic (exact) mass is 243 g/mol. The van der Waals surface area contributed by atoms with Crippen LogP contribution in [0.5, 0.6) is 0 Å². The summed E-state index contributed by atoms with van der Waals surface area (Å²) in [5.41, 5.74) is 7.98. The van der Waals surface area contributed by atoms with E-state index >= 15 is 0 Å². The average Bonchev–Trinajstić information content (AvgIpc) is 3.13. The molecule has 18 heavy (non-hydrogen) atoms. The van der Waals surface area contributed by atoms with E-state index in [4.69, 9.17) is 10.8 Å². The van der Waals surface area contributed by atoms with Crippen LogP contribution in [0.4, 0.5) is 5.82 Å². The largest absolute Gasteiger partial charge is 0.478 e. The molecular weight excluding hydrogens is 230 g/mol. The van der Waals surface area contributed by atoms with Crippen LogP contribution in [0.3, 0.4) is 0 Å². The van der Waals surface area contributed by atoms with Crippen molar-refractivity contribution >= 4 is 11.8 Å². The lowest BCUT2D eigenvalue weighted by Crippen LogP contribution is -2.03. The predicted molar refractivity (Wildman–Crippen MR) is 66.9 cm³/mol. The van der Waals surface area contributed by atoms with Gasteiger partial charge in [0.25, 0.3) is 0 Å². The van der Waals surface area contributed by atoms with Gasteiger partial charge in [0, 0.05) is 12.0 Å². The Bertz CT molecular complexity index is 597. The highest BCUT2D eigenvalue weighted by Gasteiger charge is 2.27. The Kier molecular flexibility index (Phi) is 2.33. The highest BCUT2D eigenvalue weighted by Crippen LogP contribution is 2.40. The van der Waals surface area contributed by atoms with Crippen LogP contribution in [-0.2, 0) is 0 Å². The molecule has 3 N–H and O–H groups in total. The summed E-state index contributed by atoms with van der Waals surface area (Å²) in [6, 6.07) is 8.42. The molecule has 92 valence electrons. The SMILES string of the molecule is Nc1cc(C2CC2)nn1-c1ccc(C(=O)O)cc1. The normalized spacial score (nSPS) is 14.7. The van der Waals surface area contributed by atoms with Crippen molar-refractivity contribution in [3.8, 4) is 5.69 Å². The molecule has 1 aliphatic carbocycles. The smallest absolute Gasteiger partial charge is 0.335 e. The number of benzene rings is 1. The molecule has 0 spiro atoms. The molecule has 2 aromatic rings. The topological polar surface area (TPSA) is 81.1 Å². The summed E-state index contributed by atoms with van der Waals surface area (Å²) in [4.78, 5) is 10.8. The molecule has 1 saturated carbocycles. The lowest BCUT2D eigenvalue weighted by atomic mass is 10.2. The third-order valence-electron chi connectivity index (χ3n) is 3.11. The minimum Gasteiger partial charge on any atom is -0.478 e. The summed E-state index contributed by atoms with van der Waals surface area (Å²) in [5, 5.41) is 13.3. The molecule has 0 radical (unpaired) electrons. The molecule has 3 rings (SSSR count). The van der Waals surface area contributed by atoms with Gasteiger partial charge in [0.15, 0.2) is 0 Å². The van der Waals surface area contributed by atoms with E-state index in [0.29, 0.717) is 11.7 Å². The second-order valence-electron chi connectivity index (χ2n) is 4.53. The van der Waals surface area contributed by atoms with Crippen LogP contribution < -0.4 is 5.73 Å². The van der Waals surface area contributed by atoms with Crippen molar-refractivity contribution in [3.63, 3.8) is 0 Å². The molecule has 5 heteroatoms. The van der Waals surface area contributed by atoms with E-state index in [1.165, 1.54) is 12.8 Å². The number of carboxylic acid groups (broad SMARTS) is 1. The molecule has 0 atom stereocenters. The van der Waals surface area contributed by atoms with Crippen LogP contribution in [0.2, 0.25) is 0 Å². The first kappa shape index (κ1) is 10.8. The molecule has 1 fully saturated rings. The molecule has 5 nitrogen and oxygen atoms in total. The predicted octanol–water partition coefficient (Wildman–Crippen LogP) is 2.03. The summed E-state index contributed by atoms with van der Waals surface area (Å²) in [6.07, 6.45) is 2.35. The Morgan fingerprint density at radius 3 is 2.56 bits per heavy atom. The number of nitrogens with zero attached hydrogens (tertiary/aromatic N) is 2. The van der Waals surface area contributed by atoms with Gasteiger partial charge in [-0.2, -0.15) is 5.10 Å². The first-order valence-electron chi connectivity index (χ1n) is 5.84. The fraction of sp³-hybridized carbons (Fsp3) is 0.231. The van der Waals surface area contributed by atoms with Crippen molar-refractivity contribution < 1.29 is 9.90 Å². The van der Waals surface area contributed by atoms with E-state index in [2.05, 4.69) is 5.10 Å². The van der Waals surface area contributed by atoms with Crippen molar-refractivity contribution in [3.05, 3.63) is 41.6 Å². The summed E-state index contributed by atoms with van der Waals surface area (Å²) in [6.45, 7) is 0. The molecule has 1 aromatic heterocycles. The lowest BCUT2D eigenvalue weighted by Gasteiger charge is -2.04. The van der Waals surface area contributed by atoms with Gasteiger partial charge in [-0.3, -0.25) is 0 Å². The highest BCUT2D eigenvalue weighted by molar-refractivity contribution is 5.87. The van der Waals surface area contributed by atoms with Crippen LogP contribution in [0, 0.1) is 0 Å². The first-order valence-corrected chi connectivity index (χ1v) is 5.84. The minimum absolute atomic E-state index is 0.256. The van der Waals surface area contributed by atoms with Gasteiger partial charge in [0.05, 0.1) is 16.9 Å². The molecule has 0 aliphatic heterocycles. The maximum Gasteiger partial charge on any atom is 0.335 e. The van der Waals surface area contributed by atoms with Gasteiger partial charge >= 0.3 is 5.97 Å². The number of rotatable bonds is 3. The van der Waals surface area contributed by atoms with Gasteiger partial charge in [-0.25, -0.2) is 9.48 Å². The van der Waals surface area contributed by atoms with Crippen LogP contribution in [0.15, 0.2) is 30.3 Å². The Hall–Kier alpha value is -2.30. The highest BCUT2D eigenvalue weighted by atomic mass is 16.4. The molecule has 1 heterocycles. The Balaban J connectivity index is 1.95. The standard InChI is InChI=1S/C13H13N3O2/c14-12-7-11(8-1-2-8)15-16(12)10-5-3-9(4-6-10)13(17)18/h3-8H,1-2,14H2,(H,17,18). The van der Waals surface area contributed by atoms with Crippen molar-refractivity contribution in [1.29, 1.82) is 0 Å². The quantitative estimate of drug-likeness (QED) is 0.864.